The van der Waals surface area contributed by atoms with E-state index in [2.05, 4.69) is 19.9 Å². The van der Waals surface area contributed by atoms with Crippen LogP contribution < -0.4 is 0 Å². The Balaban J connectivity index is 2.55. The second-order valence-corrected chi connectivity index (χ2v) is 6.13. The number of hydrogen-bond acceptors (Lipinski definition) is 3. The molecule has 3 heteroatoms. The molecule has 1 aliphatic carbocycles. The van der Waals surface area contributed by atoms with Crippen LogP contribution in [-0.2, 0) is 9.53 Å². The molecule has 0 radical (unpaired) electrons. The highest BCUT2D eigenvalue weighted by Crippen LogP contribution is 2.47. The highest BCUT2D eigenvalue weighted by Gasteiger charge is 2.51. The Bertz CT molecular complexity index is 328. The minimum absolute atomic E-state index is 0.0978. The van der Waals surface area contributed by atoms with Crippen molar-refractivity contribution in [2.24, 2.45) is 16.7 Å². The normalized spacial score (nSPS) is 27.4. The zero-order chi connectivity index (χ0) is 13.1. The maximum Gasteiger partial charge on any atom is 0.158 e. The molecule has 0 saturated heterocycles. The number of nitriles is 1. The molecule has 1 saturated carbocycles. The molecule has 96 valence electrons. The Labute approximate surface area is 104 Å². The van der Waals surface area contributed by atoms with Gasteiger partial charge in [0.05, 0.1) is 6.07 Å². The van der Waals surface area contributed by atoms with E-state index in [1.54, 1.807) is 0 Å². The summed E-state index contributed by atoms with van der Waals surface area (Å²) in [6.45, 7) is 9.24. The van der Waals surface area contributed by atoms with Crippen LogP contribution >= 0.6 is 0 Å². The fourth-order valence-corrected chi connectivity index (χ4v) is 2.37. The number of Topliss-reactive ketones (excluding diaryl/α,β-unsaturated/α-hetero) is 1. The van der Waals surface area contributed by atoms with Crippen LogP contribution in [0.25, 0.3) is 0 Å². The zero-order valence-corrected chi connectivity index (χ0v) is 11.4. The molecule has 0 heterocycles. The van der Waals surface area contributed by atoms with E-state index < -0.39 is 5.41 Å². The summed E-state index contributed by atoms with van der Waals surface area (Å²) in [6, 6.07) is 2.24. The summed E-state index contributed by atoms with van der Waals surface area (Å²) in [5.41, 5.74) is -1.13. The van der Waals surface area contributed by atoms with E-state index in [1.165, 1.54) is 0 Å². The van der Waals surface area contributed by atoms with Gasteiger partial charge in [0.25, 0.3) is 0 Å². The average molecular weight is 237 g/mol. The lowest BCUT2D eigenvalue weighted by molar-refractivity contribution is -0.130. The molecule has 1 unspecified atom stereocenters. The number of ketones is 1. The number of hydrogen-bond donors (Lipinski definition) is 0. The maximum atomic E-state index is 12.2. The van der Waals surface area contributed by atoms with Crippen molar-refractivity contribution in [3.8, 4) is 6.07 Å². The Morgan fingerprint density at radius 2 is 2.06 bits per heavy atom. The lowest BCUT2D eigenvalue weighted by atomic mass is 9.79. The van der Waals surface area contributed by atoms with E-state index in [0.717, 1.165) is 6.42 Å². The fourth-order valence-electron chi connectivity index (χ4n) is 2.37. The molecule has 1 rings (SSSR count). The Hall–Kier alpha value is -0.880. The SMILES string of the molecule is CC(C)COCCC1(C#N)CCC(C)(C)C1=O. The quantitative estimate of drug-likeness (QED) is 0.691. The minimum Gasteiger partial charge on any atom is -0.381 e. The standard InChI is InChI=1S/C14H23NO2/c1-11(2)9-17-8-7-14(10-15)6-5-13(3,4)12(14)16/h11H,5-9H2,1-4H3. The smallest absolute Gasteiger partial charge is 0.158 e. The molecule has 3 nitrogen and oxygen atoms in total. The summed E-state index contributed by atoms with van der Waals surface area (Å²) in [5, 5.41) is 9.30. The van der Waals surface area contributed by atoms with Gasteiger partial charge in [0.15, 0.2) is 5.78 Å². The molecular weight excluding hydrogens is 214 g/mol. The van der Waals surface area contributed by atoms with Gasteiger partial charge >= 0.3 is 0 Å². The summed E-state index contributed by atoms with van der Waals surface area (Å²) >= 11 is 0. The van der Waals surface area contributed by atoms with Crippen molar-refractivity contribution in [3.63, 3.8) is 0 Å². The molecule has 0 aliphatic heterocycles. The third-order valence-corrected chi connectivity index (χ3v) is 3.56. The maximum absolute atomic E-state index is 12.2. The predicted molar refractivity (Wildman–Crippen MR) is 66.3 cm³/mol. The third-order valence-electron chi connectivity index (χ3n) is 3.56. The van der Waals surface area contributed by atoms with Crippen LogP contribution in [0.1, 0.15) is 47.0 Å². The van der Waals surface area contributed by atoms with Gasteiger partial charge in [0.2, 0.25) is 0 Å². The summed E-state index contributed by atoms with van der Waals surface area (Å²) < 4.78 is 5.50. The van der Waals surface area contributed by atoms with E-state index in [9.17, 15) is 10.1 Å². The van der Waals surface area contributed by atoms with Crippen molar-refractivity contribution in [1.82, 2.24) is 0 Å². The first-order valence-electron chi connectivity index (χ1n) is 6.38. The first-order chi connectivity index (χ1) is 7.84. The Morgan fingerprint density at radius 3 is 2.47 bits per heavy atom. The van der Waals surface area contributed by atoms with Gasteiger partial charge in [-0.1, -0.05) is 27.7 Å². The molecule has 0 amide bonds. The first-order valence-corrected chi connectivity index (χ1v) is 6.38. The number of rotatable bonds is 5. The van der Waals surface area contributed by atoms with Gasteiger partial charge in [0.1, 0.15) is 5.41 Å². The Kier molecular flexibility index (Phi) is 4.32. The van der Waals surface area contributed by atoms with Gasteiger partial charge in [-0.3, -0.25) is 4.79 Å². The highest BCUT2D eigenvalue weighted by atomic mass is 16.5. The number of carbonyl (C=O) groups is 1. The lowest BCUT2D eigenvalue weighted by Crippen LogP contribution is -2.32. The molecule has 0 spiro atoms. The Morgan fingerprint density at radius 1 is 1.41 bits per heavy atom. The average Bonchev–Trinajstić information content (AvgIpc) is 2.49. The highest BCUT2D eigenvalue weighted by molar-refractivity contribution is 5.94. The summed E-state index contributed by atoms with van der Waals surface area (Å²) in [5.74, 6) is 0.587. The van der Waals surface area contributed by atoms with Crippen molar-refractivity contribution < 1.29 is 9.53 Å². The van der Waals surface area contributed by atoms with E-state index in [4.69, 9.17) is 4.74 Å². The van der Waals surface area contributed by atoms with Crippen molar-refractivity contribution >= 4 is 5.78 Å². The van der Waals surface area contributed by atoms with Gasteiger partial charge in [-0.05, 0) is 25.2 Å². The minimum atomic E-state index is -0.791. The van der Waals surface area contributed by atoms with Crippen LogP contribution in [0.2, 0.25) is 0 Å². The molecule has 1 fully saturated rings. The molecule has 1 aliphatic rings. The van der Waals surface area contributed by atoms with Gasteiger partial charge in [-0.25, -0.2) is 0 Å². The predicted octanol–water partition coefficient (Wildman–Crippen LogP) is 2.95. The van der Waals surface area contributed by atoms with E-state index in [1.807, 2.05) is 13.8 Å². The molecule has 0 bridgehead atoms. The molecule has 1 atom stereocenters. The summed E-state index contributed by atoms with van der Waals surface area (Å²) in [7, 11) is 0. The van der Waals surface area contributed by atoms with Gasteiger partial charge in [-0.2, -0.15) is 5.26 Å². The van der Waals surface area contributed by atoms with Gasteiger partial charge in [-0.15, -0.1) is 0 Å². The van der Waals surface area contributed by atoms with Crippen LogP contribution in [0.15, 0.2) is 0 Å². The van der Waals surface area contributed by atoms with Crippen molar-refractivity contribution in [2.75, 3.05) is 13.2 Å². The fraction of sp³-hybridized carbons (Fsp3) is 0.857. The van der Waals surface area contributed by atoms with Gasteiger partial charge in [0, 0.05) is 18.6 Å². The van der Waals surface area contributed by atoms with Crippen LogP contribution in [0.3, 0.4) is 0 Å². The monoisotopic (exact) mass is 237 g/mol. The van der Waals surface area contributed by atoms with Crippen LogP contribution in [-0.4, -0.2) is 19.0 Å². The van der Waals surface area contributed by atoms with Crippen molar-refractivity contribution in [2.45, 2.75) is 47.0 Å². The van der Waals surface area contributed by atoms with E-state index in [-0.39, 0.29) is 11.2 Å². The lowest BCUT2D eigenvalue weighted by Gasteiger charge is -2.22. The molecular formula is C14H23NO2. The van der Waals surface area contributed by atoms with Gasteiger partial charge < -0.3 is 4.74 Å². The van der Waals surface area contributed by atoms with Crippen LogP contribution in [0.4, 0.5) is 0 Å². The van der Waals surface area contributed by atoms with E-state index >= 15 is 0 Å². The molecule has 0 N–H and O–H groups in total. The second kappa shape index (κ2) is 5.18. The van der Waals surface area contributed by atoms with Crippen LogP contribution in [0.5, 0.6) is 0 Å². The molecule has 0 aromatic carbocycles. The number of nitrogens with zero attached hydrogens (tertiary/aromatic N) is 1. The second-order valence-electron chi connectivity index (χ2n) is 6.13. The molecule has 0 aromatic rings. The zero-order valence-electron chi connectivity index (χ0n) is 11.4. The van der Waals surface area contributed by atoms with Crippen molar-refractivity contribution in [3.05, 3.63) is 0 Å². The summed E-state index contributed by atoms with van der Waals surface area (Å²) in [6.07, 6.45) is 2.03. The van der Waals surface area contributed by atoms with Crippen molar-refractivity contribution in [1.29, 1.82) is 5.26 Å². The number of ether oxygens (including phenoxy) is 1. The number of carbonyl (C=O) groups excluding carboxylic acids is 1. The first kappa shape index (κ1) is 14.2. The van der Waals surface area contributed by atoms with E-state index in [0.29, 0.717) is 32.0 Å². The largest absolute Gasteiger partial charge is 0.381 e. The molecule has 0 aromatic heterocycles. The van der Waals surface area contributed by atoms with Crippen LogP contribution in [0, 0.1) is 28.1 Å². The third kappa shape index (κ3) is 3.07. The summed E-state index contributed by atoms with van der Waals surface area (Å²) in [4.78, 5) is 12.2. The molecule has 17 heavy (non-hydrogen) atoms. The topological polar surface area (TPSA) is 50.1 Å².